The summed E-state index contributed by atoms with van der Waals surface area (Å²) in [7, 11) is 0. The molecule has 1 N–H and O–H groups in total. The molecule has 14 heavy (non-hydrogen) atoms. The van der Waals surface area contributed by atoms with Crippen LogP contribution in [0.2, 0.25) is 0 Å². The molecule has 2 unspecified atom stereocenters. The maximum atomic E-state index is 9.47. The lowest BCUT2D eigenvalue weighted by Crippen LogP contribution is -2.52. The molecule has 2 atom stereocenters. The fraction of sp³-hybridized carbons (Fsp3) is 1.00. The van der Waals surface area contributed by atoms with Gasteiger partial charge in [0.1, 0.15) is 12.6 Å². The second-order valence-corrected chi connectivity index (χ2v) is 5.04. The van der Waals surface area contributed by atoms with Gasteiger partial charge in [-0.05, 0) is 27.7 Å². The minimum Gasteiger partial charge on any atom is -0.388 e. The zero-order valence-electron chi connectivity index (χ0n) is 9.96. The van der Waals surface area contributed by atoms with E-state index in [0.29, 0.717) is 0 Å². The molecule has 3 heteroatoms. The molecule has 0 saturated carbocycles. The summed E-state index contributed by atoms with van der Waals surface area (Å²) >= 11 is 5.96. The lowest BCUT2D eigenvalue weighted by molar-refractivity contribution is -0.927. The monoisotopic (exact) mass is 222 g/mol. The van der Waals surface area contributed by atoms with Crippen LogP contribution in [0, 0.1) is 0 Å². The average Bonchev–Trinajstić information content (AvgIpc) is 2.11. The van der Waals surface area contributed by atoms with Crippen molar-refractivity contribution in [3.05, 3.63) is 0 Å². The lowest BCUT2D eigenvalue weighted by Gasteiger charge is -2.38. The molecule has 0 rings (SSSR count). The average molecular weight is 223 g/mol. The minimum absolute atomic E-state index is 0.222. The Hall–Kier alpha value is 0.210. The first-order valence-electron chi connectivity index (χ1n) is 5.63. The molecular formula is C11H25ClNO+. The molecule has 0 aromatic carbocycles. The molecule has 0 spiro atoms. The summed E-state index contributed by atoms with van der Waals surface area (Å²) in [6.07, 6.45) is 0.802. The number of hydrogen-bond donors (Lipinski definition) is 1. The summed E-state index contributed by atoms with van der Waals surface area (Å²) in [6.45, 7) is 12.3. The Morgan fingerprint density at radius 2 is 1.71 bits per heavy atom. The zero-order chi connectivity index (χ0) is 11.2. The first-order chi connectivity index (χ1) is 6.45. The fourth-order valence-electron chi connectivity index (χ4n) is 1.90. The minimum atomic E-state index is -0.222. The van der Waals surface area contributed by atoms with Gasteiger partial charge < -0.3 is 9.59 Å². The summed E-state index contributed by atoms with van der Waals surface area (Å²) in [6, 6.07) is 0. The van der Waals surface area contributed by atoms with E-state index in [1.807, 2.05) is 13.8 Å². The maximum absolute atomic E-state index is 9.47. The summed E-state index contributed by atoms with van der Waals surface area (Å²) < 4.78 is 0.981. The molecule has 0 aromatic heterocycles. The van der Waals surface area contributed by atoms with E-state index in [9.17, 15) is 5.11 Å². The first-order valence-corrected chi connectivity index (χ1v) is 6.06. The van der Waals surface area contributed by atoms with E-state index in [4.69, 9.17) is 11.6 Å². The van der Waals surface area contributed by atoms with Gasteiger partial charge in [-0.1, -0.05) is 0 Å². The Kier molecular flexibility index (Phi) is 6.75. The molecule has 0 heterocycles. The van der Waals surface area contributed by atoms with Crippen LogP contribution in [0.3, 0.4) is 0 Å². The number of aliphatic hydroxyl groups is 1. The summed E-state index contributed by atoms with van der Waals surface area (Å²) in [5, 5.41) is 9.70. The summed E-state index contributed by atoms with van der Waals surface area (Å²) in [5.74, 6) is 0. The number of hydrogen-bond acceptors (Lipinski definition) is 1. The maximum Gasteiger partial charge on any atom is 0.105 e. The highest BCUT2D eigenvalue weighted by Crippen LogP contribution is 2.12. The van der Waals surface area contributed by atoms with E-state index >= 15 is 0 Å². The molecule has 0 aliphatic heterocycles. The summed E-state index contributed by atoms with van der Waals surface area (Å²) in [4.78, 5) is 0. The second-order valence-electron chi connectivity index (χ2n) is 4.30. The van der Waals surface area contributed by atoms with E-state index in [1.165, 1.54) is 0 Å². The Labute approximate surface area is 93.5 Å². The Bertz CT molecular complexity index is 144. The van der Waals surface area contributed by atoms with Crippen LogP contribution in [0.4, 0.5) is 0 Å². The number of likely N-dealkylation sites (N-methyl/N-ethyl adjacent to an activating group) is 1. The van der Waals surface area contributed by atoms with Gasteiger partial charge in [-0.15, -0.1) is 11.6 Å². The fourth-order valence-corrected chi connectivity index (χ4v) is 2.00. The van der Waals surface area contributed by atoms with Crippen LogP contribution in [-0.2, 0) is 0 Å². The van der Waals surface area contributed by atoms with E-state index in [0.717, 1.165) is 37.1 Å². The largest absolute Gasteiger partial charge is 0.388 e. The van der Waals surface area contributed by atoms with Crippen molar-refractivity contribution in [1.82, 2.24) is 0 Å². The van der Waals surface area contributed by atoms with Crippen molar-refractivity contribution >= 4 is 11.6 Å². The van der Waals surface area contributed by atoms with Crippen LogP contribution in [0.15, 0.2) is 0 Å². The Balaban J connectivity index is 4.21. The predicted octanol–water partition coefficient (Wildman–Crippen LogP) is 2.24. The van der Waals surface area contributed by atoms with Crippen LogP contribution in [0.5, 0.6) is 0 Å². The Morgan fingerprint density at radius 1 is 1.21 bits per heavy atom. The number of nitrogens with zero attached hydrogens (tertiary/aromatic N) is 1. The topological polar surface area (TPSA) is 20.2 Å². The van der Waals surface area contributed by atoms with Gasteiger partial charge in [-0.2, -0.15) is 0 Å². The van der Waals surface area contributed by atoms with Crippen molar-refractivity contribution in [3.63, 3.8) is 0 Å². The number of rotatable bonds is 7. The molecule has 0 fully saturated rings. The van der Waals surface area contributed by atoms with E-state index in [2.05, 4.69) is 13.8 Å². The summed E-state index contributed by atoms with van der Waals surface area (Å²) in [5.41, 5.74) is 0. The highest BCUT2D eigenvalue weighted by atomic mass is 35.5. The molecule has 0 aliphatic carbocycles. The molecule has 0 aromatic rings. The lowest BCUT2D eigenvalue weighted by atomic mass is 10.2. The van der Waals surface area contributed by atoms with Crippen LogP contribution in [-0.4, -0.2) is 47.2 Å². The van der Waals surface area contributed by atoms with Gasteiger partial charge in [0.15, 0.2) is 0 Å². The van der Waals surface area contributed by atoms with E-state index in [1.54, 1.807) is 0 Å². The third kappa shape index (κ3) is 5.18. The number of alkyl halides is 1. The van der Waals surface area contributed by atoms with Gasteiger partial charge in [0.25, 0.3) is 0 Å². The Morgan fingerprint density at radius 3 is 2.00 bits per heavy atom. The molecule has 0 saturated heterocycles. The molecule has 0 radical (unpaired) electrons. The van der Waals surface area contributed by atoms with E-state index < -0.39 is 0 Å². The molecule has 0 amide bonds. The van der Waals surface area contributed by atoms with Gasteiger partial charge in [0.2, 0.25) is 0 Å². The van der Waals surface area contributed by atoms with Gasteiger partial charge >= 0.3 is 0 Å². The molecule has 0 bridgehead atoms. The molecule has 2 nitrogen and oxygen atoms in total. The number of quaternary nitrogens is 1. The molecular weight excluding hydrogens is 198 g/mol. The number of halogens is 1. The third-order valence-corrected chi connectivity index (χ3v) is 3.21. The van der Waals surface area contributed by atoms with Crippen molar-refractivity contribution in [2.24, 2.45) is 0 Å². The van der Waals surface area contributed by atoms with Crippen molar-refractivity contribution in [2.45, 2.75) is 45.6 Å². The van der Waals surface area contributed by atoms with Crippen molar-refractivity contribution < 1.29 is 9.59 Å². The van der Waals surface area contributed by atoms with Crippen molar-refractivity contribution in [1.29, 1.82) is 0 Å². The molecule has 0 aliphatic rings. The highest BCUT2D eigenvalue weighted by molar-refractivity contribution is 6.20. The van der Waals surface area contributed by atoms with Gasteiger partial charge in [0, 0.05) is 11.8 Å². The van der Waals surface area contributed by atoms with Crippen LogP contribution < -0.4 is 0 Å². The molecule has 86 valence electrons. The van der Waals surface area contributed by atoms with Gasteiger partial charge in [-0.25, -0.2) is 0 Å². The van der Waals surface area contributed by atoms with Gasteiger partial charge in [-0.3, -0.25) is 0 Å². The van der Waals surface area contributed by atoms with Crippen LogP contribution in [0.1, 0.15) is 34.1 Å². The quantitative estimate of drug-likeness (QED) is 0.518. The van der Waals surface area contributed by atoms with E-state index in [-0.39, 0.29) is 11.5 Å². The highest BCUT2D eigenvalue weighted by Gasteiger charge is 2.25. The zero-order valence-corrected chi connectivity index (χ0v) is 10.7. The van der Waals surface area contributed by atoms with Crippen LogP contribution >= 0.6 is 11.6 Å². The van der Waals surface area contributed by atoms with Crippen molar-refractivity contribution in [3.8, 4) is 0 Å². The normalized spacial score (nSPS) is 16.7. The standard InChI is InChI=1S/C11H25ClNO/c1-5-13(6-2,9-11(4)14)8-7-10(3)12/h10-11,14H,5-9H2,1-4H3/q+1. The first kappa shape index (κ1) is 14.2. The van der Waals surface area contributed by atoms with Crippen LogP contribution in [0.25, 0.3) is 0 Å². The predicted molar refractivity (Wildman–Crippen MR) is 62.7 cm³/mol. The number of aliphatic hydroxyl groups excluding tert-OH is 1. The SMILES string of the molecule is CC[N+](CC)(CCC(C)Cl)CC(C)O. The smallest absolute Gasteiger partial charge is 0.105 e. The van der Waals surface area contributed by atoms with Crippen molar-refractivity contribution in [2.75, 3.05) is 26.2 Å². The second kappa shape index (κ2) is 6.65. The third-order valence-electron chi connectivity index (χ3n) is 2.99. The van der Waals surface area contributed by atoms with Gasteiger partial charge in [0.05, 0.1) is 19.6 Å².